The summed E-state index contributed by atoms with van der Waals surface area (Å²) in [4.78, 5) is 51.1. The molecule has 4 atom stereocenters. The highest BCUT2D eigenvalue weighted by molar-refractivity contribution is 5.93. The molecule has 35 heavy (non-hydrogen) atoms. The van der Waals surface area contributed by atoms with Crippen molar-refractivity contribution in [2.45, 2.75) is 83.6 Å². The van der Waals surface area contributed by atoms with Crippen LogP contribution in [-0.4, -0.2) is 66.4 Å². The van der Waals surface area contributed by atoms with E-state index in [-0.39, 0.29) is 24.7 Å². The van der Waals surface area contributed by atoms with Crippen molar-refractivity contribution in [3.63, 3.8) is 0 Å². The Bertz CT molecular complexity index is 861. The van der Waals surface area contributed by atoms with E-state index in [2.05, 4.69) is 10.6 Å². The molecule has 1 heterocycles. The zero-order valence-corrected chi connectivity index (χ0v) is 20.5. The molecular weight excluding hydrogens is 467 g/mol. The maximum Gasteiger partial charge on any atom is 0.471 e. The lowest BCUT2D eigenvalue weighted by Gasteiger charge is -2.36. The average Bonchev–Trinajstić information content (AvgIpc) is 3.58. The number of halogens is 3. The highest BCUT2D eigenvalue weighted by Crippen LogP contribution is 2.35. The van der Waals surface area contributed by atoms with Crippen LogP contribution in [-0.2, 0) is 19.2 Å². The van der Waals surface area contributed by atoms with Crippen LogP contribution >= 0.6 is 0 Å². The first-order valence-electron chi connectivity index (χ1n) is 11.8. The molecule has 1 saturated carbocycles. The van der Waals surface area contributed by atoms with Gasteiger partial charge in [0.1, 0.15) is 18.1 Å². The molecule has 2 aliphatic rings. The molecule has 4 amide bonds. The van der Waals surface area contributed by atoms with Crippen LogP contribution in [0.1, 0.15) is 59.3 Å². The molecule has 1 unspecified atom stereocenters. The fourth-order valence-electron chi connectivity index (χ4n) is 4.09. The van der Waals surface area contributed by atoms with E-state index < -0.39 is 53.4 Å². The number of rotatable bonds is 9. The van der Waals surface area contributed by atoms with Crippen molar-refractivity contribution in [2.75, 3.05) is 13.6 Å². The molecule has 0 aromatic heterocycles. The van der Waals surface area contributed by atoms with Crippen LogP contribution in [0.15, 0.2) is 0 Å². The highest BCUT2D eigenvalue weighted by Gasteiger charge is 2.45. The van der Waals surface area contributed by atoms with Crippen molar-refractivity contribution in [3.8, 4) is 6.07 Å². The molecular formula is C23H34F3N5O4. The number of hydrogen-bond donors (Lipinski definition) is 3. The van der Waals surface area contributed by atoms with E-state index in [9.17, 15) is 37.6 Å². The van der Waals surface area contributed by atoms with Gasteiger partial charge in [0.2, 0.25) is 17.7 Å². The Morgan fingerprint density at radius 3 is 2.26 bits per heavy atom. The van der Waals surface area contributed by atoms with Crippen molar-refractivity contribution in [1.29, 1.82) is 5.26 Å². The first kappa shape index (κ1) is 28.4. The van der Waals surface area contributed by atoms with Gasteiger partial charge in [-0.25, -0.2) is 0 Å². The third-order valence-corrected chi connectivity index (χ3v) is 6.41. The monoisotopic (exact) mass is 501 g/mol. The maximum atomic E-state index is 13.3. The van der Waals surface area contributed by atoms with Crippen LogP contribution in [0.5, 0.6) is 0 Å². The minimum atomic E-state index is -5.17. The molecule has 1 aliphatic heterocycles. The lowest BCUT2D eigenvalue weighted by atomic mass is 9.85. The number of nitriles is 1. The number of hydrogen-bond acceptors (Lipinski definition) is 5. The highest BCUT2D eigenvalue weighted by atomic mass is 19.4. The first-order valence-corrected chi connectivity index (χ1v) is 11.8. The molecule has 0 aromatic carbocycles. The quantitative estimate of drug-likeness (QED) is 0.442. The van der Waals surface area contributed by atoms with Gasteiger partial charge in [0.15, 0.2) is 0 Å². The van der Waals surface area contributed by atoms with Crippen LogP contribution in [0.2, 0.25) is 0 Å². The van der Waals surface area contributed by atoms with E-state index in [0.29, 0.717) is 13.0 Å². The van der Waals surface area contributed by atoms with Crippen molar-refractivity contribution in [1.82, 2.24) is 20.9 Å². The Morgan fingerprint density at radius 2 is 1.77 bits per heavy atom. The number of likely N-dealkylation sites (N-methyl/N-ethyl adjacent to an activating group) is 1. The summed E-state index contributed by atoms with van der Waals surface area (Å²) in [5, 5.41) is 16.7. The minimum absolute atomic E-state index is 0.119. The van der Waals surface area contributed by atoms with Crippen molar-refractivity contribution in [3.05, 3.63) is 0 Å². The second-order valence-electron chi connectivity index (χ2n) is 10.5. The number of piperidine rings is 1. The van der Waals surface area contributed by atoms with Gasteiger partial charge >= 0.3 is 12.1 Å². The van der Waals surface area contributed by atoms with Crippen molar-refractivity contribution < 1.29 is 32.3 Å². The molecule has 9 nitrogen and oxygen atoms in total. The molecule has 3 N–H and O–H groups in total. The Kier molecular flexibility index (Phi) is 9.14. The van der Waals surface area contributed by atoms with Crippen molar-refractivity contribution in [2.24, 2.45) is 17.3 Å². The predicted octanol–water partition coefficient (Wildman–Crippen LogP) is 1.63. The van der Waals surface area contributed by atoms with Gasteiger partial charge in [0, 0.05) is 19.5 Å². The molecule has 2 rings (SSSR count). The molecule has 196 valence electrons. The van der Waals surface area contributed by atoms with Crippen LogP contribution in [0.4, 0.5) is 13.2 Å². The summed E-state index contributed by atoms with van der Waals surface area (Å²) in [6.45, 7) is 5.10. The number of amides is 4. The topological polar surface area (TPSA) is 131 Å². The molecule has 1 aliphatic carbocycles. The minimum Gasteiger partial charge on any atom is -0.356 e. The lowest BCUT2D eigenvalue weighted by Crippen LogP contribution is -2.60. The molecule has 0 aromatic rings. The predicted molar refractivity (Wildman–Crippen MR) is 119 cm³/mol. The molecule has 12 heteroatoms. The number of carbonyl (C=O) groups excluding carboxylic acids is 4. The number of nitrogens with one attached hydrogen (secondary N) is 3. The second kappa shape index (κ2) is 11.3. The molecule has 1 saturated heterocycles. The Morgan fingerprint density at radius 1 is 1.14 bits per heavy atom. The smallest absolute Gasteiger partial charge is 0.356 e. The summed E-state index contributed by atoms with van der Waals surface area (Å²) in [5.41, 5.74) is -1.07. The summed E-state index contributed by atoms with van der Waals surface area (Å²) in [6.07, 6.45) is -1.71. The van der Waals surface area contributed by atoms with Gasteiger partial charge in [-0.2, -0.15) is 18.4 Å². The average molecular weight is 502 g/mol. The number of nitrogens with zero attached hydrogens (tertiary/aromatic N) is 2. The Balaban J connectivity index is 2.18. The molecule has 0 bridgehead atoms. The van der Waals surface area contributed by atoms with E-state index in [1.807, 2.05) is 6.07 Å². The van der Waals surface area contributed by atoms with Crippen LogP contribution in [0.3, 0.4) is 0 Å². The van der Waals surface area contributed by atoms with Crippen LogP contribution < -0.4 is 16.0 Å². The molecule has 0 spiro atoms. The van der Waals surface area contributed by atoms with Gasteiger partial charge in [0.05, 0.1) is 6.07 Å². The number of alkyl halides is 3. The summed E-state index contributed by atoms with van der Waals surface area (Å²) in [5.74, 6) is -4.12. The van der Waals surface area contributed by atoms with E-state index in [0.717, 1.165) is 24.2 Å². The SMILES string of the molecule is CN(C(=O)C(NC(=O)C(F)(F)F)C(C)(C)C)[C@@H](CC1CC1)C(=O)N[C@H](C#N)C[C@@H]1CCCNC1=O. The van der Waals surface area contributed by atoms with E-state index in [4.69, 9.17) is 0 Å². The third-order valence-electron chi connectivity index (χ3n) is 6.41. The van der Waals surface area contributed by atoms with Gasteiger partial charge in [0.25, 0.3) is 0 Å². The lowest BCUT2D eigenvalue weighted by molar-refractivity contribution is -0.176. The first-order chi connectivity index (χ1) is 16.1. The second-order valence-corrected chi connectivity index (χ2v) is 10.5. The zero-order chi connectivity index (χ0) is 26.6. The third kappa shape index (κ3) is 8.11. The van der Waals surface area contributed by atoms with Gasteiger partial charge < -0.3 is 20.9 Å². The van der Waals surface area contributed by atoms with Gasteiger partial charge in [-0.3, -0.25) is 19.2 Å². The fraction of sp³-hybridized carbons (Fsp3) is 0.783. The Labute approximate surface area is 203 Å². The van der Waals surface area contributed by atoms with Gasteiger partial charge in [-0.05, 0) is 37.0 Å². The largest absolute Gasteiger partial charge is 0.471 e. The standard InChI is InChI=1S/C23H34F3N5O4/c1-22(2,3)17(30-21(35)23(24,25)26)20(34)31(4)16(10-13-7-8-13)19(33)29-15(12-27)11-14-6-5-9-28-18(14)32/h13-17H,5-11H2,1-4H3,(H,28,32)(H,29,33)(H,30,35)/t14-,15-,16-,17?/m0/s1. The van der Waals surface area contributed by atoms with Gasteiger partial charge in [-0.1, -0.05) is 33.6 Å². The normalized spacial score (nSPS) is 21.1. The van der Waals surface area contributed by atoms with E-state index in [1.165, 1.54) is 27.8 Å². The molecule has 0 radical (unpaired) electrons. The summed E-state index contributed by atoms with van der Waals surface area (Å²) in [6, 6.07) is -1.56. The van der Waals surface area contributed by atoms with Gasteiger partial charge in [-0.15, -0.1) is 0 Å². The number of carbonyl (C=O) groups is 4. The zero-order valence-electron chi connectivity index (χ0n) is 20.5. The van der Waals surface area contributed by atoms with E-state index >= 15 is 0 Å². The van der Waals surface area contributed by atoms with Crippen LogP contribution in [0, 0.1) is 28.6 Å². The maximum absolute atomic E-state index is 13.3. The summed E-state index contributed by atoms with van der Waals surface area (Å²) in [7, 11) is 1.31. The summed E-state index contributed by atoms with van der Waals surface area (Å²) >= 11 is 0. The Hall–Kier alpha value is -2.84. The van der Waals surface area contributed by atoms with Crippen LogP contribution in [0.25, 0.3) is 0 Å². The van der Waals surface area contributed by atoms with E-state index in [1.54, 1.807) is 5.32 Å². The van der Waals surface area contributed by atoms with Crippen molar-refractivity contribution >= 4 is 23.6 Å². The summed E-state index contributed by atoms with van der Waals surface area (Å²) < 4.78 is 38.6. The molecule has 2 fully saturated rings. The fourth-order valence-corrected chi connectivity index (χ4v) is 4.09.